The van der Waals surface area contributed by atoms with Crippen molar-refractivity contribution in [2.24, 2.45) is 7.05 Å². The highest BCUT2D eigenvalue weighted by Gasteiger charge is 2.25. The van der Waals surface area contributed by atoms with Crippen LogP contribution in [0.15, 0.2) is 24.3 Å². The third-order valence-corrected chi connectivity index (χ3v) is 7.12. The average Bonchev–Trinajstić information content (AvgIpc) is 2.88. The molecule has 0 aliphatic rings. The number of benzene rings is 1. The molecule has 2 rings (SSSR count). The number of ether oxygens (including phenoxy) is 1. The van der Waals surface area contributed by atoms with Crippen LogP contribution in [0.2, 0.25) is 0 Å². The molecule has 1 aromatic carbocycles. The zero-order valence-electron chi connectivity index (χ0n) is 13.0. The summed E-state index contributed by atoms with van der Waals surface area (Å²) in [7, 11) is 1.04. The van der Waals surface area contributed by atoms with Gasteiger partial charge in [0.05, 0.1) is 23.9 Å². The Morgan fingerprint density at radius 2 is 2.00 bits per heavy atom. The second kappa shape index (κ2) is 5.94. The van der Waals surface area contributed by atoms with E-state index in [9.17, 15) is 4.57 Å². The molecule has 0 aliphatic heterocycles. The van der Waals surface area contributed by atoms with Crippen molar-refractivity contribution in [3.63, 3.8) is 0 Å². The van der Waals surface area contributed by atoms with Gasteiger partial charge >= 0.3 is 0 Å². The Morgan fingerprint density at radius 1 is 1.33 bits per heavy atom. The van der Waals surface area contributed by atoms with E-state index in [1.165, 1.54) is 0 Å². The summed E-state index contributed by atoms with van der Waals surface area (Å²) in [5.74, 6) is 0.602. The molecule has 2 aromatic rings. The molecule has 0 saturated heterocycles. The minimum Gasteiger partial charge on any atom is -0.494 e. The number of nitrogens with two attached hydrogens (primary N) is 1. The van der Waals surface area contributed by atoms with Gasteiger partial charge < -0.3 is 15.0 Å². The van der Waals surface area contributed by atoms with Gasteiger partial charge in [-0.1, -0.05) is 19.9 Å². The first kappa shape index (κ1) is 15.6. The van der Waals surface area contributed by atoms with Crippen molar-refractivity contribution < 1.29 is 9.30 Å². The van der Waals surface area contributed by atoms with Crippen LogP contribution in [-0.2, 0) is 11.6 Å². The lowest BCUT2D eigenvalue weighted by Crippen LogP contribution is -2.17. The van der Waals surface area contributed by atoms with E-state index in [1.807, 2.05) is 39.1 Å². The van der Waals surface area contributed by atoms with Crippen molar-refractivity contribution in [2.45, 2.75) is 13.8 Å². The van der Waals surface area contributed by atoms with E-state index < -0.39 is 7.14 Å². The fourth-order valence-electron chi connectivity index (χ4n) is 2.50. The third kappa shape index (κ3) is 2.70. The molecular weight excluding hydrogens is 285 g/mol. The molecule has 0 amide bonds. The molecule has 21 heavy (non-hydrogen) atoms. The largest absolute Gasteiger partial charge is 0.494 e. The van der Waals surface area contributed by atoms with Crippen molar-refractivity contribution in [1.29, 1.82) is 0 Å². The smallest absolute Gasteiger partial charge is 0.151 e. The fraction of sp³-hybridized carbons (Fsp3) is 0.400. The summed E-state index contributed by atoms with van der Waals surface area (Å²) in [5, 5.41) is 4.50. The van der Waals surface area contributed by atoms with Gasteiger partial charge in [0.25, 0.3) is 0 Å². The van der Waals surface area contributed by atoms with Crippen LogP contribution in [0, 0.1) is 0 Å². The van der Waals surface area contributed by atoms with Gasteiger partial charge in [-0.3, -0.25) is 4.68 Å². The third-order valence-electron chi connectivity index (χ3n) is 3.82. The minimum atomic E-state index is -2.38. The first-order chi connectivity index (χ1) is 9.96. The summed E-state index contributed by atoms with van der Waals surface area (Å²) < 4.78 is 20.0. The summed E-state index contributed by atoms with van der Waals surface area (Å²) in [4.78, 5) is 0. The van der Waals surface area contributed by atoms with E-state index >= 15 is 0 Å². The Bertz CT molecular complexity index is 686. The van der Waals surface area contributed by atoms with Crippen LogP contribution in [0.1, 0.15) is 13.8 Å². The summed E-state index contributed by atoms with van der Waals surface area (Å²) in [6.07, 6.45) is 1.27. The topological polar surface area (TPSA) is 70.1 Å². The van der Waals surface area contributed by atoms with Crippen molar-refractivity contribution in [3.8, 4) is 17.0 Å². The van der Waals surface area contributed by atoms with Gasteiger partial charge in [0, 0.05) is 24.9 Å². The zero-order valence-corrected chi connectivity index (χ0v) is 13.9. The molecule has 0 saturated carbocycles. The average molecular weight is 307 g/mol. The molecule has 114 valence electrons. The molecule has 0 spiro atoms. The van der Waals surface area contributed by atoms with Gasteiger partial charge in [0.15, 0.2) is 5.75 Å². The number of aromatic nitrogens is 2. The zero-order chi connectivity index (χ0) is 15.6. The maximum absolute atomic E-state index is 12.9. The van der Waals surface area contributed by atoms with Crippen LogP contribution in [0.5, 0.6) is 5.75 Å². The van der Waals surface area contributed by atoms with Crippen LogP contribution >= 0.6 is 7.14 Å². The lowest BCUT2D eigenvalue weighted by Gasteiger charge is -2.13. The normalized spacial score (nSPS) is 11.6. The number of anilines is 1. The van der Waals surface area contributed by atoms with Crippen molar-refractivity contribution in [1.82, 2.24) is 9.78 Å². The van der Waals surface area contributed by atoms with E-state index in [4.69, 9.17) is 10.5 Å². The van der Waals surface area contributed by atoms with Crippen molar-refractivity contribution in [2.75, 3.05) is 25.2 Å². The molecular formula is C15H22N3O2P. The Balaban J connectivity index is 2.59. The van der Waals surface area contributed by atoms with Crippen LogP contribution < -0.4 is 15.9 Å². The number of rotatable bonds is 5. The molecule has 1 aromatic heterocycles. The lowest BCUT2D eigenvalue weighted by molar-refractivity contribution is 0.418. The van der Waals surface area contributed by atoms with Gasteiger partial charge in [-0.15, -0.1) is 0 Å². The van der Waals surface area contributed by atoms with Crippen LogP contribution in [-0.4, -0.2) is 29.2 Å². The summed E-state index contributed by atoms with van der Waals surface area (Å²) >= 11 is 0. The fourth-order valence-corrected chi connectivity index (χ4v) is 4.53. The van der Waals surface area contributed by atoms with E-state index in [0.29, 0.717) is 23.8 Å². The SMILES string of the molecule is CCP(=O)(CC)c1cc(-c2cccc(N)c2OC)nn1C. The highest BCUT2D eigenvalue weighted by atomic mass is 31.2. The van der Waals surface area contributed by atoms with E-state index in [0.717, 1.165) is 16.7 Å². The molecule has 1 heterocycles. The molecule has 0 radical (unpaired) electrons. The Kier molecular flexibility index (Phi) is 4.43. The van der Waals surface area contributed by atoms with Crippen molar-refractivity contribution in [3.05, 3.63) is 24.3 Å². The van der Waals surface area contributed by atoms with Crippen molar-refractivity contribution >= 4 is 18.3 Å². The number of para-hydroxylation sites is 1. The highest BCUT2D eigenvalue weighted by molar-refractivity contribution is 7.71. The molecule has 5 nitrogen and oxygen atoms in total. The maximum atomic E-state index is 12.9. The molecule has 0 bridgehead atoms. The van der Waals surface area contributed by atoms with Gasteiger partial charge in [0.1, 0.15) is 7.14 Å². The van der Waals surface area contributed by atoms with Crippen LogP contribution in [0.4, 0.5) is 5.69 Å². The summed E-state index contributed by atoms with van der Waals surface area (Å²) in [5.41, 5.74) is 8.85. The van der Waals surface area contributed by atoms with Gasteiger partial charge in [-0.05, 0) is 18.2 Å². The minimum absolute atomic E-state index is 0.566. The maximum Gasteiger partial charge on any atom is 0.151 e. The van der Waals surface area contributed by atoms with E-state index in [2.05, 4.69) is 5.10 Å². The number of hydrogen-bond acceptors (Lipinski definition) is 4. The lowest BCUT2D eigenvalue weighted by atomic mass is 10.1. The van der Waals surface area contributed by atoms with E-state index in [1.54, 1.807) is 17.9 Å². The van der Waals surface area contributed by atoms with Gasteiger partial charge in [-0.2, -0.15) is 5.10 Å². The first-order valence-corrected chi connectivity index (χ1v) is 9.10. The quantitative estimate of drug-likeness (QED) is 0.681. The summed E-state index contributed by atoms with van der Waals surface area (Å²) in [6.45, 7) is 3.91. The molecule has 6 heteroatoms. The monoisotopic (exact) mass is 307 g/mol. The highest BCUT2D eigenvalue weighted by Crippen LogP contribution is 2.44. The van der Waals surface area contributed by atoms with E-state index in [-0.39, 0.29) is 0 Å². The summed E-state index contributed by atoms with van der Waals surface area (Å²) in [6, 6.07) is 7.45. The van der Waals surface area contributed by atoms with Crippen LogP contribution in [0.25, 0.3) is 11.3 Å². The Hall–Kier alpha value is -1.74. The van der Waals surface area contributed by atoms with Gasteiger partial charge in [-0.25, -0.2) is 0 Å². The predicted octanol–water partition coefficient (Wildman–Crippen LogP) is 2.71. The second-order valence-electron chi connectivity index (χ2n) is 4.96. The molecule has 0 aliphatic carbocycles. The first-order valence-electron chi connectivity index (χ1n) is 7.02. The number of hydrogen-bond donors (Lipinski definition) is 1. The van der Waals surface area contributed by atoms with Gasteiger partial charge in [0.2, 0.25) is 0 Å². The molecule has 2 N–H and O–H groups in total. The standard InChI is InChI=1S/C15H22N3O2P/c1-5-21(19,6-2)14-10-13(17-18(14)3)11-8-7-9-12(16)15(11)20-4/h7-10H,5-6,16H2,1-4H3. The molecule has 0 atom stereocenters. The second-order valence-corrected chi connectivity index (χ2v) is 8.46. The predicted molar refractivity (Wildman–Crippen MR) is 87.9 cm³/mol. The van der Waals surface area contributed by atoms with Crippen LogP contribution in [0.3, 0.4) is 0 Å². The molecule has 0 fully saturated rings. The number of methoxy groups -OCH3 is 1. The Morgan fingerprint density at radius 3 is 2.57 bits per heavy atom. The number of aryl methyl sites for hydroxylation is 1. The number of nitrogens with zero attached hydrogens (tertiary/aromatic N) is 2. The molecule has 0 unspecified atom stereocenters. The Labute approximate surface area is 125 Å². The number of nitrogen functional groups attached to an aromatic ring is 1.